The number of thiazole rings is 1. The van der Waals surface area contributed by atoms with Gasteiger partial charge in [0, 0.05) is 23.6 Å². The molecule has 3 nitrogen and oxygen atoms in total. The highest BCUT2D eigenvalue weighted by molar-refractivity contribution is 7.12. The van der Waals surface area contributed by atoms with Gasteiger partial charge in [0.25, 0.3) is 0 Å². The van der Waals surface area contributed by atoms with E-state index in [0.29, 0.717) is 24.1 Å². The fourth-order valence-electron chi connectivity index (χ4n) is 3.27. The van der Waals surface area contributed by atoms with Crippen LogP contribution in [0.5, 0.6) is 0 Å². The molecule has 1 atom stereocenters. The summed E-state index contributed by atoms with van der Waals surface area (Å²) < 4.78 is 0. The van der Waals surface area contributed by atoms with E-state index in [0.717, 1.165) is 16.3 Å². The molecule has 2 aliphatic carbocycles. The normalized spacial score (nSPS) is 24.1. The van der Waals surface area contributed by atoms with Crippen LogP contribution in [0.15, 0.2) is 29.6 Å². The second-order valence-corrected chi connectivity index (χ2v) is 8.60. The van der Waals surface area contributed by atoms with Crippen LogP contribution in [0, 0.1) is 12.3 Å². The number of carbonyl (C=O) groups is 1. The number of allylic oxidation sites excluding steroid dienone is 6. The van der Waals surface area contributed by atoms with Crippen molar-refractivity contribution in [3.63, 3.8) is 0 Å². The first kappa shape index (κ1) is 16.2. The monoisotopic (exact) mass is 329 g/mol. The Kier molecular flexibility index (Phi) is 4.05. The lowest BCUT2D eigenvalue weighted by Gasteiger charge is -2.29. The third kappa shape index (κ3) is 3.18. The molecule has 0 amide bonds. The molecular formula is C19H23NO2S. The Morgan fingerprint density at radius 2 is 2.04 bits per heavy atom. The summed E-state index contributed by atoms with van der Waals surface area (Å²) in [4.78, 5) is 18.3. The van der Waals surface area contributed by atoms with Crippen LogP contribution in [0.2, 0.25) is 0 Å². The molecule has 1 unspecified atom stereocenters. The summed E-state index contributed by atoms with van der Waals surface area (Å²) >= 11 is 1.63. The van der Waals surface area contributed by atoms with Crippen LogP contribution in [-0.2, 0) is 4.79 Å². The van der Waals surface area contributed by atoms with Crippen LogP contribution >= 0.6 is 11.3 Å². The quantitative estimate of drug-likeness (QED) is 0.821. The zero-order valence-corrected chi connectivity index (χ0v) is 15.0. The van der Waals surface area contributed by atoms with Crippen molar-refractivity contribution in [1.29, 1.82) is 0 Å². The summed E-state index contributed by atoms with van der Waals surface area (Å²) in [6, 6.07) is 0. The molecule has 0 spiro atoms. The number of aromatic nitrogens is 1. The molecule has 1 heterocycles. The lowest BCUT2D eigenvalue weighted by Crippen LogP contribution is -2.25. The Balaban J connectivity index is 1.96. The maximum atomic E-state index is 12.5. The van der Waals surface area contributed by atoms with Crippen LogP contribution in [-0.4, -0.2) is 15.9 Å². The van der Waals surface area contributed by atoms with Gasteiger partial charge >= 0.3 is 0 Å². The Bertz CT molecular complexity index is 749. The van der Waals surface area contributed by atoms with Crippen LogP contribution < -0.4 is 0 Å². The molecule has 4 heteroatoms. The number of aryl methyl sites for hydroxylation is 1. The number of aliphatic hydroxyl groups excluding tert-OH is 1. The van der Waals surface area contributed by atoms with E-state index in [1.54, 1.807) is 11.3 Å². The van der Waals surface area contributed by atoms with Gasteiger partial charge in [0.2, 0.25) is 0 Å². The number of hydrogen-bond acceptors (Lipinski definition) is 4. The highest BCUT2D eigenvalue weighted by Crippen LogP contribution is 2.41. The standard InChI is InChI=1S/C19H23NO2S/c1-11-5-7-13(8-6-11)18-20-17(12(2)23-18)16-14(21)9-19(3,4)10-15(16)22/h5-7,13,21H,8-10H2,1-4H3. The first-order chi connectivity index (χ1) is 10.8. The molecule has 0 fully saturated rings. The minimum Gasteiger partial charge on any atom is -0.511 e. The number of rotatable bonds is 2. The summed E-state index contributed by atoms with van der Waals surface area (Å²) in [5.74, 6) is 0.476. The first-order valence-corrected chi connectivity index (χ1v) is 8.86. The molecule has 0 saturated heterocycles. The van der Waals surface area contributed by atoms with Crippen molar-refractivity contribution >= 4 is 22.7 Å². The minimum absolute atomic E-state index is 0.00799. The topological polar surface area (TPSA) is 50.2 Å². The van der Waals surface area contributed by atoms with Gasteiger partial charge in [0.05, 0.1) is 11.3 Å². The van der Waals surface area contributed by atoms with Crippen LogP contribution in [0.3, 0.4) is 0 Å². The Morgan fingerprint density at radius 1 is 1.30 bits per heavy atom. The fraction of sp³-hybridized carbons (Fsp3) is 0.474. The molecule has 0 bridgehead atoms. The number of carbonyl (C=O) groups excluding carboxylic acids is 1. The molecular weight excluding hydrogens is 306 g/mol. The maximum Gasteiger partial charge on any atom is 0.169 e. The van der Waals surface area contributed by atoms with E-state index in [9.17, 15) is 9.90 Å². The van der Waals surface area contributed by atoms with E-state index in [-0.39, 0.29) is 22.9 Å². The average molecular weight is 329 g/mol. The number of nitrogens with zero attached hydrogens (tertiary/aromatic N) is 1. The number of Topliss-reactive ketones (excluding diaryl/α,β-unsaturated/α-hetero) is 1. The van der Waals surface area contributed by atoms with Crippen molar-refractivity contribution in [1.82, 2.24) is 4.98 Å². The fourth-order valence-corrected chi connectivity index (χ4v) is 4.30. The number of ketones is 1. The summed E-state index contributed by atoms with van der Waals surface area (Å²) in [6.45, 7) is 8.10. The average Bonchev–Trinajstić information content (AvgIpc) is 2.79. The van der Waals surface area contributed by atoms with Gasteiger partial charge < -0.3 is 5.11 Å². The molecule has 1 aromatic heterocycles. The third-order valence-corrected chi connectivity index (χ3v) is 5.61. The van der Waals surface area contributed by atoms with Gasteiger partial charge in [-0.3, -0.25) is 4.79 Å². The summed E-state index contributed by atoms with van der Waals surface area (Å²) in [5, 5.41) is 11.4. The molecule has 0 aliphatic heterocycles. The van der Waals surface area contributed by atoms with Crippen LogP contribution in [0.4, 0.5) is 0 Å². The number of hydrogen-bond donors (Lipinski definition) is 1. The molecule has 1 aromatic rings. The first-order valence-electron chi connectivity index (χ1n) is 8.05. The third-order valence-electron chi connectivity index (χ3n) is 4.50. The van der Waals surface area contributed by atoms with Crippen molar-refractivity contribution in [3.05, 3.63) is 45.1 Å². The molecule has 1 N–H and O–H groups in total. The van der Waals surface area contributed by atoms with Gasteiger partial charge in [-0.15, -0.1) is 11.3 Å². The van der Waals surface area contributed by atoms with E-state index in [4.69, 9.17) is 4.98 Å². The predicted molar refractivity (Wildman–Crippen MR) is 94.7 cm³/mol. The van der Waals surface area contributed by atoms with E-state index in [2.05, 4.69) is 25.2 Å². The Morgan fingerprint density at radius 3 is 2.65 bits per heavy atom. The zero-order valence-electron chi connectivity index (χ0n) is 14.1. The molecule has 0 saturated carbocycles. The minimum atomic E-state index is -0.175. The van der Waals surface area contributed by atoms with Crippen molar-refractivity contribution in [2.45, 2.75) is 52.9 Å². The van der Waals surface area contributed by atoms with Crippen molar-refractivity contribution in [3.8, 4) is 0 Å². The molecule has 3 rings (SSSR count). The van der Waals surface area contributed by atoms with E-state index < -0.39 is 0 Å². The highest BCUT2D eigenvalue weighted by atomic mass is 32.1. The van der Waals surface area contributed by atoms with Gasteiger partial charge in [-0.05, 0) is 25.7 Å². The molecule has 23 heavy (non-hydrogen) atoms. The van der Waals surface area contributed by atoms with Gasteiger partial charge in [0.15, 0.2) is 5.78 Å². The second-order valence-electron chi connectivity index (χ2n) is 7.37. The highest BCUT2D eigenvalue weighted by Gasteiger charge is 2.35. The Hall–Kier alpha value is -1.68. The summed E-state index contributed by atoms with van der Waals surface area (Å²) in [5.41, 5.74) is 2.23. The second kappa shape index (κ2) is 5.75. The number of aliphatic hydroxyl groups is 1. The lowest BCUT2D eigenvalue weighted by molar-refractivity contribution is -0.116. The predicted octanol–water partition coefficient (Wildman–Crippen LogP) is 5.10. The van der Waals surface area contributed by atoms with Crippen LogP contribution in [0.25, 0.3) is 5.57 Å². The largest absolute Gasteiger partial charge is 0.511 e. The van der Waals surface area contributed by atoms with Gasteiger partial charge in [0.1, 0.15) is 10.8 Å². The van der Waals surface area contributed by atoms with Gasteiger partial charge in [-0.1, -0.05) is 37.6 Å². The summed E-state index contributed by atoms with van der Waals surface area (Å²) in [7, 11) is 0. The lowest BCUT2D eigenvalue weighted by atomic mass is 9.76. The summed E-state index contributed by atoms with van der Waals surface area (Å²) in [6.07, 6.45) is 8.45. The van der Waals surface area contributed by atoms with Crippen molar-refractivity contribution in [2.75, 3.05) is 0 Å². The van der Waals surface area contributed by atoms with Gasteiger partial charge in [-0.25, -0.2) is 4.98 Å². The molecule has 2 aliphatic rings. The van der Waals surface area contributed by atoms with Gasteiger partial charge in [-0.2, -0.15) is 0 Å². The maximum absolute atomic E-state index is 12.5. The van der Waals surface area contributed by atoms with E-state index in [1.165, 1.54) is 5.57 Å². The van der Waals surface area contributed by atoms with Crippen molar-refractivity contribution in [2.24, 2.45) is 5.41 Å². The molecule has 122 valence electrons. The molecule has 0 aromatic carbocycles. The smallest absolute Gasteiger partial charge is 0.169 e. The van der Waals surface area contributed by atoms with Crippen molar-refractivity contribution < 1.29 is 9.90 Å². The van der Waals surface area contributed by atoms with Crippen LogP contribution in [0.1, 0.15) is 61.5 Å². The van der Waals surface area contributed by atoms with E-state index in [1.807, 2.05) is 20.8 Å². The Labute approximate surface area is 141 Å². The zero-order chi connectivity index (χ0) is 16.8. The van der Waals surface area contributed by atoms with E-state index >= 15 is 0 Å². The SMILES string of the molecule is CC1=CCC(c2nc(C3=C(O)CC(C)(C)CC3=O)c(C)s2)C=C1. The molecule has 0 radical (unpaired) electrons.